The second-order valence-corrected chi connectivity index (χ2v) is 10.4. The number of hydrogen-bond donors (Lipinski definition) is 3. The number of Topliss-reactive ketones (excluding diaryl/α,β-unsaturated/α-hetero) is 1. The Morgan fingerprint density at radius 2 is 1.88 bits per heavy atom. The molecule has 0 saturated heterocycles. The van der Waals surface area contributed by atoms with Gasteiger partial charge >= 0.3 is 0 Å². The van der Waals surface area contributed by atoms with E-state index in [9.17, 15) is 20.1 Å². The number of alkyl halides is 1. The van der Waals surface area contributed by atoms with Crippen LogP contribution >= 0.6 is 0 Å². The van der Waals surface area contributed by atoms with E-state index in [4.69, 9.17) is 0 Å². The monoisotopic (exact) mass is 449 g/mol. The van der Waals surface area contributed by atoms with Crippen LogP contribution in [0.1, 0.15) is 67.2 Å². The Balaban J connectivity index is 0.00000141. The summed E-state index contributed by atoms with van der Waals surface area (Å²) in [6.45, 7) is 10.6. The average Bonchev–Trinajstić information content (AvgIpc) is 2.97. The van der Waals surface area contributed by atoms with Gasteiger partial charge in [-0.25, -0.2) is 4.39 Å². The molecule has 0 aromatic heterocycles. The molecule has 4 rings (SSSR count). The summed E-state index contributed by atoms with van der Waals surface area (Å²) in [6.07, 6.45) is 4.25. The number of carbonyl (C=O) groups is 1. The first-order valence-electron chi connectivity index (χ1n) is 12.0. The minimum absolute atomic E-state index is 0.0118. The molecule has 3 N–H and O–H groups in total. The van der Waals surface area contributed by atoms with Crippen molar-refractivity contribution < 1.29 is 24.5 Å². The van der Waals surface area contributed by atoms with Crippen molar-refractivity contribution in [1.82, 2.24) is 0 Å². The van der Waals surface area contributed by atoms with Gasteiger partial charge in [0.1, 0.15) is 12.2 Å². The molecule has 4 aliphatic rings. The van der Waals surface area contributed by atoms with Gasteiger partial charge in [-0.2, -0.15) is 0 Å². The fourth-order valence-corrected chi connectivity index (χ4v) is 7.79. The van der Waals surface area contributed by atoms with Crippen molar-refractivity contribution in [3.63, 3.8) is 0 Å². The number of fused-ring (bicyclic) bond motifs is 5. The van der Waals surface area contributed by atoms with E-state index in [2.05, 4.69) is 4.99 Å². The molecule has 0 aromatic carbocycles. The predicted octanol–water partition coefficient (Wildman–Crippen LogP) is 3.81. The molecule has 4 aliphatic carbocycles. The van der Waals surface area contributed by atoms with Crippen molar-refractivity contribution in [1.29, 1.82) is 0 Å². The third-order valence-electron chi connectivity index (χ3n) is 9.57. The topological polar surface area (TPSA) is 90.1 Å². The Morgan fingerprint density at radius 3 is 2.44 bits per heavy atom. The minimum Gasteiger partial charge on any atom is -0.390 e. The lowest BCUT2D eigenvalue weighted by molar-refractivity contribution is -0.221. The van der Waals surface area contributed by atoms with E-state index in [0.29, 0.717) is 19.3 Å². The van der Waals surface area contributed by atoms with Crippen molar-refractivity contribution in [3.05, 3.63) is 23.3 Å². The molecule has 0 bridgehead atoms. The Labute approximate surface area is 191 Å². The Kier molecular flexibility index (Phi) is 6.42. The van der Waals surface area contributed by atoms with Gasteiger partial charge < -0.3 is 15.3 Å². The van der Waals surface area contributed by atoms with Crippen LogP contribution in [0.25, 0.3) is 0 Å². The molecular formula is C26H40FNO4. The SMILES string of the molecule is CC.CN=C1C=C(C)[C@@]2(C)C(=C1)CC[C@H]1C3C[C@@H](C)[C@](O)(C(=O)CO)[C@@]3(C)C[C@H](O)[C@@]12F. The maximum atomic E-state index is 17.3. The number of rotatable bonds is 2. The normalized spacial score (nSPS) is 48.5. The molecule has 0 spiro atoms. The van der Waals surface area contributed by atoms with E-state index in [1.165, 1.54) is 0 Å². The third-order valence-corrected chi connectivity index (χ3v) is 9.57. The standard InChI is InChI=1S/C24H34FNO4.C2H6/c1-13-8-16(26-5)10-15-6-7-17-18-9-14(2)24(30,20(29)12-27)21(18,3)11-19(28)23(17,25)22(13,15)4;1-2/h8,10,14,17-19,27-28,30H,6-7,9,11-12H2,1-5H3;1-2H3/t14-,17+,18?,19+,21+,22+,23+,24+;/m1./s1. The van der Waals surface area contributed by atoms with E-state index in [1.807, 2.05) is 39.8 Å². The molecule has 1 unspecified atom stereocenters. The number of ketones is 1. The number of allylic oxidation sites excluding steroid dienone is 4. The van der Waals surface area contributed by atoms with Gasteiger partial charge in [-0.05, 0) is 63.5 Å². The number of aliphatic hydroxyl groups excluding tert-OH is 2. The molecule has 0 aliphatic heterocycles. The van der Waals surface area contributed by atoms with Crippen LogP contribution in [0.3, 0.4) is 0 Å². The number of aliphatic imine (C=N–C) groups is 1. The average molecular weight is 450 g/mol. The first kappa shape index (κ1) is 25.3. The van der Waals surface area contributed by atoms with Crippen molar-refractivity contribution in [2.45, 2.75) is 84.6 Å². The third kappa shape index (κ3) is 2.78. The van der Waals surface area contributed by atoms with Gasteiger partial charge in [0, 0.05) is 23.8 Å². The fraction of sp³-hybridized carbons (Fsp3) is 0.769. The van der Waals surface area contributed by atoms with E-state index in [-0.39, 0.29) is 12.3 Å². The lowest BCUT2D eigenvalue weighted by atomic mass is 9.43. The number of nitrogens with zero attached hydrogens (tertiary/aromatic N) is 1. The molecule has 8 atom stereocenters. The van der Waals surface area contributed by atoms with Crippen molar-refractivity contribution in [3.8, 4) is 0 Å². The molecule has 0 aromatic rings. The molecule has 0 amide bonds. The van der Waals surface area contributed by atoms with Gasteiger partial charge in [-0.1, -0.05) is 38.8 Å². The van der Waals surface area contributed by atoms with E-state index >= 15 is 4.39 Å². The highest BCUT2D eigenvalue weighted by atomic mass is 19.1. The van der Waals surface area contributed by atoms with Crippen LogP contribution in [0.4, 0.5) is 4.39 Å². The van der Waals surface area contributed by atoms with E-state index in [0.717, 1.165) is 16.9 Å². The number of hydrogen-bond acceptors (Lipinski definition) is 5. The first-order valence-corrected chi connectivity index (χ1v) is 12.0. The van der Waals surface area contributed by atoms with Crippen LogP contribution in [-0.4, -0.2) is 57.8 Å². The number of aliphatic hydroxyl groups is 3. The number of carbonyl (C=O) groups excluding carboxylic acids is 1. The summed E-state index contributed by atoms with van der Waals surface area (Å²) in [5, 5.41) is 32.4. The van der Waals surface area contributed by atoms with Crippen LogP contribution < -0.4 is 0 Å². The Hall–Kier alpha value is -1.37. The van der Waals surface area contributed by atoms with Gasteiger partial charge in [-0.15, -0.1) is 0 Å². The van der Waals surface area contributed by atoms with Gasteiger partial charge in [-0.3, -0.25) is 9.79 Å². The van der Waals surface area contributed by atoms with Crippen molar-refractivity contribution in [2.24, 2.45) is 33.6 Å². The summed E-state index contributed by atoms with van der Waals surface area (Å²) >= 11 is 0. The molecular weight excluding hydrogens is 409 g/mol. The highest BCUT2D eigenvalue weighted by molar-refractivity contribution is 6.06. The quantitative estimate of drug-likeness (QED) is 0.598. The second-order valence-electron chi connectivity index (χ2n) is 10.4. The molecule has 32 heavy (non-hydrogen) atoms. The molecule has 3 fully saturated rings. The Bertz CT molecular complexity index is 881. The summed E-state index contributed by atoms with van der Waals surface area (Å²) in [4.78, 5) is 16.9. The van der Waals surface area contributed by atoms with E-state index < -0.39 is 52.4 Å². The minimum atomic E-state index is -1.89. The zero-order valence-electron chi connectivity index (χ0n) is 20.6. The van der Waals surface area contributed by atoms with Gasteiger partial charge in [0.2, 0.25) is 0 Å². The molecule has 3 saturated carbocycles. The lowest BCUT2D eigenvalue weighted by Gasteiger charge is -2.63. The maximum Gasteiger partial charge on any atom is 0.190 e. The molecule has 0 heterocycles. The van der Waals surface area contributed by atoms with Gasteiger partial charge in [0.25, 0.3) is 0 Å². The molecule has 6 heteroatoms. The summed E-state index contributed by atoms with van der Waals surface area (Å²) in [6, 6.07) is 0. The van der Waals surface area contributed by atoms with Crippen LogP contribution in [0.2, 0.25) is 0 Å². The molecule has 5 nitrogen and oxygen atoms in total. The highest BCUT2D eigenvalue weighted by Crippen LogP contribution is 2.71. The predicted molar refractivity (Wildman–Crippen MR) is 124 cm³/mol. The van der Waals surface area contributed by atoms with Crippen molar-refractivity contribution in [2.75, 3.05) is 13.7 Å². The molecule has 0 radical (unpaired) electrons. The van der Waals surface area contributed by atoms with Crippen molar-refractivity contribution >= 4 is 11.5 Å². The van der Waals surface area contributed by atoms with E-state index in [1.54, 1.807) is 20.9 Å². The lowest BCUT2D eigenvalue weighted by Crippen LogP contribution is -2.70. The second kappa shape index (κ2) is 8.14. The highest BCUT2D eigenvalue weighted by Gasteiger charge is 2.76. The van der Waals surface area contributed by atoms with Gasteiger partial charge in [0.05, 0.1) is 11.8 Å². The van der Waals surface area contributed by atoms with Crippen LogP contribution in [0, 0.1) is 28.6 Å². The van der Waals surface area contributed by atoms with Gasteiger partial charge in [0.15, 0.2) is 11.5 Å². The number of halogens is 1. The van der Waals surface area contributed by atoms with Crippen LogP contribution in [0.15, 0.2) is 28.3 Å². The smallest absolute Gasteiger partial charge is 0.190 e. The zero-order valence-corrected chi connectivity index (χ0v) is 20.6. The maximum absolute atomic E-state index is 17.3. The summed E-state index contributed by atoms with van der Waals surface area (Å²) in [5.41, 5.74) is -2.96. The summed E-state index contributed by atoms with van der Waals surface area (Å²) in [7, 11) is 1.72. The summed E-state index contributed by atoms with van der Waals surface area (Å²) < 4.78 is 17.3. The molecule has 180 valence electrons. The fourth-order valence-electron chi connectivity index (χ4n) is 7.79. The zero-order chi connectivity index (χ0) is 24.3. The Morgan fingerprint density at radius 1 is 1.25 bits per heavy atom. The largest absolute Gasteiger partial charge is 0.390 e. The van der Waals surface area contributed by atoms with Crippen LogP contribution in [0.5, 0.6) is 0 Å². The summed E-state index contributed by atoms with van der Waals surface area (Å²) in [5.74, 6) is -1.78. The van der Waals surface area contributed by atoms with Crippen LogP contribution in [-0.2, 0) is 4.79 Å². The first-order chi connectivity index (χ1) is 14.9.